The van der Waals surface area contributed by atoms with E-state index in [1.165, 1.54) is 68.1 Å². The lowest BCUT2D eigenvalue weighted by atomic mass is 10.0. The fourth-order valence-electron chi connectivity index (χ4n) is 3.42. The highest BCUT2D eigenvalue weighted by Gasteiger charge is 2.22. The Morgan fingerprint density at radius 2 is 1.29 bits per heavy atom. The molecule has 0 radical (unpaired) electrons. The average Bonchev–Trinajstić information content (AvgIpc) is 2.52. The zero-order chi connectivity index (χ0) is 17.9. The lowest BCUT2D eigenvalue weighted by molar-refractivity contribution is 0.108. The maximum Gasteiger partial charge on any atom is 0.184 e. The number of carbonyl (C=O) groups is 1. The Bertz CT molecular complexity index is 484. The second-order valence-electron chi connectivity index (χ2n) is 7.19. The molecule has 1 aromatic carbocycles. The number of benzene rings is 1. The second kappa shape index (κ2) is 11.8. The lowest BCUT2D eigenvalue weighted by Gasteiger charge is -2.19. The summed E-state index contributed by atoms with van der Waals surface area (Å²) in [5.41, 5.74) is 5.08. The van der Waals surface area contributed by atoms with Crippen LogP contribution in [0.3, 0.4) is 0 Å². The topological polar surface area (TPSA) is 17.1 Å². The Morgan fingerprint density at radius 1 is 0.792 bits per heavy atom. The molecule has 24 heavy (non-hydrogen) atoms. The molecular formula is C22H37OP. The van der Waals surface area contributed by atoms with E-state index in [1.807, 2.05) is 0 Å². The molecule has 0 aromatic heterocycles. The summed E-state index contributed by atoms with van der Waals surface area (Å²) in [6.45, 7) is 10.8. The van der Waals surface area contributed by atoms with E-state index in [0.717, 1.165) is 17.9 Å². The Labute approximate surface area is 151 Å². The molecule has 1 nitrogen and oxygen atoms in total. The molecule has 1 rings (SSSR count). The zero-order valence-electron chi connectivity index (χ0n) is 16.6. The molecule has 0 aliphatic heterocycles. The van der Waals surface area contributed by atoms with Gasteiger partial charge in [0.25, 0.3) is 0 Å². The van der Waals surface area contributed by atoms with Crippen molar-refractivity contribution in [1.82, 2.24) is 0 Å². The maximum atomic E-state index is 13.2. The Kier molecular flexibility index (Phi) is 10.5. The van der Waals surface area contributed by atoms with Crippen molar-refractivity contribution in [3.8, 4) is 0 Å². The highest BCUT2D eigenvalue weighted by molar-refractivity contribution is 7.75. The maximum absolute atomic E-state index is 13.2. The van der Waals surface area contributed by atoms with Crippen molar-refractivity contribution in [1.29, 1.82) is 0 Å². The summed E-state index contributed by atoms with van der Waals surface area (Å²) in [7, 11) is -0.509. The molecule has 0 saturated carbocycles. The van der Waals surface area contributed by atoms with Crippen molar-refractivity contribution in [2.75, 3.05) is 12.3 Å². The Morgan fingerprint density at radius 3 is 1.88 bits per heavy atom. The van der Waals surface area contributed by atoms with E-state index in [4.69, 9.17) is 0 Å². The molecule has 1 unspecified atom stereocenters. The standard InChI is InChI=1S/C22H37OP/c1-6-8-10-11-12-13-15-24(14-9-7-2)22(23)21-19(4)16-18(3)17-20(21)5/h16-17H,6-15H2,1-5H3. The van der Waals surface area contributed by atoms with E-state index < -0.39 is 7.92 Å². The molecule has 0 bridgehead atoms. The van der Waals surface area contributed by atoms with Crippen LogP contribution in [0.15, 0.2) is 12.1 Å². The molecule has 0 saturated heterocycles. The minimum absolute atomic E-state index is 0.460. The number of aryl methyl sites for hydroxylation is 3. The van der Waals surface area contributed by atoms with Crippen LogP contribution in [0.25, 0.3) is 0 Å². The van der Waals surface area contributed by atoms with E-state index in [2.05, 4.69) is 46.8 Å². The predicted molar refractivity (Wildman–Crippen MR) is 110 cm³/mol. The highest BCUT2D eigenvalue weighted by atomic mass is 31.1. The van der Waals surface area contributed by atoms with Crippen LogP contribution < -0.4 is 0 Å². The molecule has 0 aliphatic rings. The van der Waals surface area contributed by atoms with Gasteiger partial charge in [0.1, 0.15) is 0 Å². The third-order valence-corrected chi connectivity index (χ3v) is 7.25. The first kappa shape index (κ1) is 21.4. The van der Waals surface area contributed by atoms with Gasteiger partial charge in [0.2, 0.25) is 0 Å². The number of hydrogen-bond donors (Lipinski definition) is 0. The third-order valence-electron chi connectivity index (χ3n) is 4.74. The van der Waals surface area contributed by atoms with Gasteiger partial charge in [0.15, 0.2) is 5.52 Å². The van der Waals surface area contributed by atoms with Gasteiger partial charge in [-0.1, -0.05) is 70.1 Å². The van der Waals surface area contributed by atoms with Crippen molar-refractivity contribution in [3.05, 3.63) is 34.4 Å². The van der Waals surface area contributed by atoms with Crippen LogP contribution >= 0.6 is 7.92 Å². The first-order valence-electron chi connectivity index (χ1n) is 9.88. The summed E-state index contributed by atoms with van der Waals surface area (Å²) in [4.78, 5) is 13.2. The van der Waals surface area contributed by atoms with Gasteiger partial charge in [-0.05, 0) is 65.0 Å². The summed E-state index contributed by atoms with van der Waals surface area (Å²) < 4.78 is 0. The number of unbranched alkanes of at least 4 members (excludes halogenated alkanes) is 6. The van der Waals surface area contributed by atoms with Crippen LogP contribution in [0.4, 0.5) is 0 Å². The third kappa shape index (κ3) is 7.06. The van der Waals surface area contributed by atoms with Crippen molar-refractivity contribution >= 4 is 13.4 Å². The van der Waals surface area contributed by atoms with Crippen molar-refractivity contribution in [3.63, 3.8) is 0 Å². The molecule has 1 atom stereocenters. The fraction of sp³-hybridized carbons (Fsp3) is 0.682. The lowest BCUT2D eigenvalue weighted by Crippen LogP contribution is -2.08. The largest absolute Gasteiger partial charge is 0.289 e. The van der Waals surface area contributed by atoms with Gasteiger partial charge < -0.3 is 0 Å². The van der Waals surface area contributed by atoms with Crippen LogP contribution in [0.1, 0.15) is 92.3 Å². The van der Waals surface area contributed by atoms with Gasteiger partial charge in [0, 0.05) is 5.56 Å². The fourth-order valence-corrected chi connectivity index (χ4v) is 6.02. The molecule has 0 fully saturated rings. The zero-order valence-corrected chi connectivity index (χ0v) is 17.5. The van der Waals surface area contributed by atoms with Gasteiger partial charge in [-0.3, -0.25) is 4.79 Å². The molecule has 0 amide bonds. The summed E-state index contributed by atoms with van der Waals surface area (Å²) in [6, 6.07) is 4.33. The van der Waals surface area contributed by atoms with E-state index in [9.17, 15) is 4.79 Å². The first-order valence-corrected chi connectivity index (χ1v) is 11.6. The molecule has 0 aliphatic carbocycles. The van der Waals surface area contributed by atoms with Crippen LogP contribution in [-0.4, -0.2) is 17.8 Å². The summed E-state index contributed by atoms with van der Waals surface area (Å²) in [5.74, 6) is 0. The van der Waals surface area contributed by atoms with Gasteiger partial charge >= 0.3 is 0 Å². The summed E-state index contributed by atoms with van der Waals surface area (Å²) >= 11 is 0. The summed E-state index contributed by atoms with van der Waals surface area (Å²) in [5, 5.41) is 0. The van der Waals surface area contributed by atoms with E-state index in [0.29, 0.717) is 5.52 Å². The normalized spacial score (nSPS) is 12.4. The van der Waals surface area contributed by atoms with Crippen molar-refractivity contribution in [2.24, 2.45) is 0 Å². The molecule has 0 heterocycles. The molecule has 0 N–H and O–H groups in total. The first-order chi connectivity index (χ1) is 11.5. The van der Waals surface area contributed by atoms with Gasteiger partial charge in [-0.25, -0.2) is 0 Å². The second-order valence-corrected chi connectivity index (χ2v) is 9.57. The minimum Gasteiger partial charge on any atom is -0.289 e. The van der Waals surface area contributed by atoms with Crippen LogP contribution in [-0.2, 0) is 0 Å². The Hall–Kier alpha value is -0.680. The van der Waals surface area contributed by atoms with Crippen LogP contribution in [0.2, 0.25) is 0 Å². The Balaban J connectivity index is 2.71. The molecule has 2 heteroatoms. The van der Waals surface area contributed by atoms with Gasteiger partial charge in [-0.15, -0.1) is 0 Å². The summed E-state index contributed by atoms with van der Waals surface area (Å²) in [6.07, 6.45) is 12.5. The molecule has 1 aromatic rings. The van der Waals surface area contributed by atoms with E-state index >= 15 is 0 Å². The molecular weight excluding hydrogens is 311 g/mol. The van der Waals surface area contributed by atoms with Crippen LogP contribution in [0, 0.1) is 20.8 Å². The average molecular weight is 349 g/mol. The van der Waals surface area contributed by atoms with Crippen LogP contribution in [0.5, 0.6) is 0 Å². The quantitative estimate of drug-likeness (QED) is 0.284. The smallest absolute Gasteiger partial charge is 0.184 e. The number of hydrogen-bond acceptors (Lipinski definition) is 1. The molecule has 0 spiro atoms. The van der Waals surface area contributed by atoms with Gasteiger partial charge in [0.05, 0.1) is 0 Å². The van der Waals surface area contributed by atoms with Crippen molar-refractivity contribution in [2.45, 2.75) is 86.0 Å². The predicted octanol–water partition coefficient (Wildman–Crippen LogP) is 7.39. The van der Waals surface area contributed by atoms with E-state index in [1.54, 1.807) is 0 Å². The minimum atomic E-state index is -0.509. The highest BCUT2D eigenvalue weighted by Crippen LogP contribution is 2.43. The van der Waals surface area contributed by atoms with Gasteiger partial charge in [-0.2, -0.15) is 0 Å². The SMILES string of the molecule is CCCCCCCCP(CCCC)C(=O)c1c(C)cc(C)cc1C. The molecule has 136 valence electrons. The number of rotatable bonds is 12. The van der Waals surface area contributed by atoms with E-state index in [-0.39, 0.29) is 0 Å². The number of carbonyl (C=O) groups excluding carboxylic acids is 1. The van der Waals surface area contributed by atoms with Crippen molar-refractivity contribution < 1.29 is 4.79 Å². The monoisotopic (exact) mass is 348 g/mol.